The maximum Gasteiger partial charge on any atom is 0.419 e. The van der Waals surface area contributed by atoms with E-state index in [1.165, 1.54) is 6.07 Å². The van der Waals surface area contributed by atoms with Gasteiger partial charge in [-0.1, -0.05) is 6.07 Å². The highest BCUT2D eigenvalue weighted by Gasteiger charge is 2.34. The van der Waals surface area contributed by atoms with Crippen molar-refractivity contribution in [2.45, 2.75) is 19.1 Å². The Kier molecular flexibility index (Phi) is 3.31. The van der Waals surface area contributed by atoms with E-state index in [4.69, 9.17) is 5.84 Å². The first-order valence-corrected chi connectivity index (χ1v) is 4.19. The summed E-state index contributed by atoms with van der Waals surface area (Å²) in [6, 6.07) is 2.32. The molecular formula is C9H10F4N2. The third kappa shape index (κ3) is 2.66. The highest BCUT2D eigenvalue weighted by Crippen LogP contribution is 2.32. The highest BCUT2D eigenvalue weighted by molar-refractivity contribution is 5.28. The molecular weight excluding hydrogens is 212 g/mol. The van der Waals surface area contributed by atoms with E-state index in [1.54, 1.807) is 6.92 Å². The summed E-state index contributed by atoms with van der Waals surface area (Å²) in [5.41, 5.74) is 1.41. The third-order valence-electron chi connectivity index (χ3n) is 2.05. The van der Waals surface area contributed by atoms with E-state index in [1.807, 2.05) is 0 Å². The van der Waals surface area contributed by atoms with Crippen molar-refractivity contribution in [2.24, 2.45) is 5.84 Å². The molecule has 1 atom stereocenters. The molecule has 1 aromatic carbocycles. The van der Waals surface area contributed by atoms with Gasteiger partial charge < -0.3 is 0 Å². The molecule has 6 heteroatoms. The van der Waals surface area contributed by atoms with E-state index in [-0.39, 0.29) is 0 Å². The lowest BCUT2D eigenvalue weighted by molar-refractivity contribution is -0.140. The maximum atomic E-state index is 13.1. The largest absolute Gasteiger partial charge is 0.419 e. The van der Waals surface area contributed by atoms with Crippen molar-refractivity contribution in [1.82, 2.24) is 5.43 Å². The van der Waals surface area contributed by atoms with Crippen LogP contribution in [-0.2, 0) is 6.18 Å². The Balaban J connectivity index is 3.09. The Labute approximate surface area is 84.0 Å². The summed E-state index contributed by atoms with van der Waals surface area (Å²) >= 11 is 0. The number of hydrogen-bond acceptors (Lipinski definition) is 2. The van der Waals surface area contributed by atoms with Crippen LogP contribution < -0.4 is 11.3 Å². The van der Waals surface area contributed by atoms with Gasteiger partial charge in [-0.25, -0.2) is 4.39 Å². The van der Waals surface area contributed by atoms with Crippen LogP contribution in [0.3, 0.4) is 0 Å². The monoisotopic (exact) mass is 222 g/mol. The zero-order valence-electron chi connectivity index (χ0n) is 7.90. The molecule has 84 valence electrons. The second-order valence-corrected chi connectivity index (χ2v) is 3.13. The molecule has 1 unspecified atom stereocenters. The van der Waals surface area contributed by atoms with Gasteiger partial charge in [0.1, 0.15) is 5.82 Å². The van der Waals surface area contributed by atoms with E-state index >= 15 is 0 Å². The molecule has 0 saturated heterocycles. The van der Waals surface area contributed by atoms with Crippen LogP contribution in [0.25, 0.3) is 0 Å². The van der Waals surface area contributed by atoms with Crippen molar-refractivity contribution in [3.8, 4) is 0 Å². The van der Waals surface area contributed by atoms with Gasteiger partial charge in [0.25, 0.3) is 0 Å². The number of benzene rings is 1. The number of rotatable bonds is 2. The van der Waals surface area contributed by atoms with Crippen molar-refractivity contribution in [3.05, 3.63) is 35.1 Å². The first-order chi connectivity index (χ1) is 6.86. The normalized spacial score (nSPS) is 14.0. The molecule has 0 radical (unpaired) electrons. The van der Waals surface area contributed by atoms with Crippen molar-refractivity contribution in [1.29, 1.82) is 0 Å². The third-order valence-corrected chi connectivity index (χ3v) is 2.05. The fourth-order valence-corrected chi connectivity index (χ4v) is 1.13. The molecule has 2 nitrogen and oxygen atoms in total. The number of alkyl halides is 3. The molecule has 0 spiro atoms. The fraction of sp³-hybridized carbons (Fsp3) is 0.333. The van der Waals surface area contributed by atoms with Crippen molar-refractivity contribution in [2.75, 3.05) is 0 Å². The molecule has 0 amide bonds. The Morgan fingerprint density at radius 3 is 2.33 bits per heavy atom. The van der Waals surface area contributed by atoms with Gasteiger partial charge in [0.15, 0.2) is 0 Å². The average molecular weight is 222 g/mol. The van der Waals surface area contributed by atoms with E-state index < -0.39 is 23.6 Å². The Hall–Kier alpha value is -1.14. The SMILES string of the molecule is CC(NN)c1ccc(C(F)(F)F)c(F)c1. The zero-order chi connectivity index (χ0) is 11.6. The second-order valence-electron chi connectivity index (χ2n) is 3.13. The summed E-state index contributed by atoms with van der Waals surface area (Å²) in [5, 5.41) is 0. The van der Waals surface area contributed by atoms with Crippen LogP contribution in [0.2, 0.25) is 0 Å². The van der Waals surface area contributed by atoms with Gasteiger partial charge >= 0.3 is 6.18 Å². The fourth-order valence-electron chi connectivity index (χ4n) is 1.13. The van der Waals surface area contributed by atoms with Gasteiger partial charge in [-0.05, 0) is 24.6 Å². The molecule has 0 saturated carbocycles. The Morgan fingerprint density at radius 1 is 1.33 bits per heavy atom. The summed E-state index contributed by atoms with van der Waals surface area (Å²) in [5.74, 6) is 3.79. The first kappa shape index (κ1) is 11.9. The van der Waals surface area contributed by atoms with Crippen LogP contribution in [0.1, 0.15) is 24.1 Å². The predicted molar refractivity (Wildman–Crippen MR) is 47.1 cm³/mol. The molecule has 0 aliphatic carbocycles. The van der Waals surface area contributed by atoms with Gasteiger partial charge in [0.05, 0.1) is 5.56 Å². The van der Waals surface area contributed by atoms with E-state index in [9.17, 15) is 17.6 Å². The Morgan fingerprint density at radius 2 is 1.93 bits per heavy atom. The molecule has 15 heavy (non-hydrogen) atoms. The number of hydrazine groups is 1. The van der Waals surface area contributed by atoms with Gasteiger partial charge in [-0.15, -0.1) is 0 Å². The van der Waals surface area contributed by atoms with Crippen LogP contribution >= 0.6 is 0 Å². The van der Waals surface area contributed by atoms with Gasteiger partial charge in [0.2, 0.25) is 0 Å². The molecule has 1 aromatic rings. The number of nitrogens with one attached hydrogen (secondary N) is 1. The lowest BCUT2D eigenvalue weighted by atomic mass is 10.1. The minimum atomic E-state index is -4.66. The summed E-state index contributed by atoms with van der Waals surface area (Å²) in [4.78, 5) is 0. The van der Waals surface area contributed by atoms with Gasteiger partial charge in [0, 0.05) is 6.04 Å². The quantitative estimate of drug-likeness (QED) is 0.458. The van der Waals surface area contributed by atoms with Crippen LogP contribution in [0.15, 0.2) is 18.2 Å². The zero-order valence-corrected chi connectivity index (χ0v) is 7.90. The molecule has 3 N–H and O–H groups in total. The molecule has 1 rings (SSSR count). The minimum Gasteiger partial charge on any atom is -0.271 e. The van der Waals surface area contributed by atoms with Crippen LogP contribution in [0.4, 0.5) is 17.6 Å². The summed E-state index contributed by atoms with van der Waals surface area (Å²) in [6.45, 7) is 1.61. The van der Waals surface area contributed by atoms with Crippen molar-refractivity contribution >= 4 is 0 Å². The molecule has 0 heterocycles. The standard InChI is InChI=1S/C9H10F4N2/c1-5(15-14)6-2-3-7(8(10)4-6)9(11,12)13/h2-5,15H,14H2,1H3. The van der Waals surface area contributed by atoms with E-state index in [2.05, 4.69) is 5.43 Å². The Bertz CT molecular complexity index is 348. The molecule has 0 aliphatic heterocycles. The number of hydrogen-bond donors (Lipinski definition) is 2. The molecule has 0 aliphatic rings. The average Bonchev–Trinajstić information content (AvgIpc) is 2.14. The van der Waals surface area contributed by atoms with Crippen LogP contribution in [-0.4, -0.2) is 0 Å². The summed E-state index contributed by atoms with van der Waals surface area (Å²) in [6.07, 6.45) is -4.66. The van der Waals surface area contributed by atoms with E-state index in [0.717, 1.165) is 6.07 Å². The summed E-state index contributed by atoms with van der Waals surface area (Å²) in [7, 11) is 0. The van der Waals surface area contributed by atoms with Crippen molar-refractivity contribution < 1.29 is 17.6 Å². The predicted octanol–water partition coefficient (Wildman–Crippen LogP) is 2.37. The highest BCUT2D eigenvalue weighted by atomic mass is 19.4. The first-order valence-electron chi connectivity index (χ1n) is 4.19. The van der Waals surface area contributed by atoms with Crippen molar-refractivity contribution in [3.63, 3.8) is 0 Å². The van der Waals surface area contributed by atoms with Crippen LogP contribution in [0.5, 0.6) is 0 Å². The minimum absolute atomic E-state index is 0.364. The number of nitrogens with two attached hydrogens (primary N) is 1. The topological polar surface area (TPSA) is 38.0 Å². The van der Waals surface area contributed by atoms with Gasteiger partial charge in [-0.3, -0.25) is 11.3 Å². The molecule has 0 bridgehead atoms. The molecule has 0 aromatic heterocycles. The smallest absolute Gasteiger partial charge is 0.271 e. The molecule has 0 fully saturated rings. The maximum absolute atomic E-state index is 13.1. The number of halogens is 4. The van der Waals surface area contributed by atoms with E-state index in [0.29, 0.717) is 11.6 Å². The van der Waals surface area contributed by atoms with Gasteiger partial charge in [-0.2, -0.15) is 13.2 Å². The van der Waals surface area contributed by atoms with Crippen LogP contribution in [0, 0.1) is 5.82 Å². The lowest BCUT2D eigenvalue weighted by Gasteiger charge is -2.13. The lowest BCUT2D eigenvalue weighted by Crippen LogP contribution is -2.25. The summed E-state index contributed by atoms with van der Waals surface area (Å²) < 4.78 is 49.6. The second kappa shape index (κ2) is 4.16.